The summed E-state index contributed by atoms with van der Waals surface area (Å²) in [6.45, 7) is 3.45. The molecule has 0 heterocycles. The third-order valence-corrected chi connectivity index (χ3v) is 1.90. The molecule has 0 saturated carbocycles. The molecule has 14 heavy (non-hydrogen) atoms. The van der Waals surface area contributed by atoms with Crippen molar-refractivity contribution in [3.8, 4) is 11.5 Å². The lowest BCUT2D eigenvalue weighted by Crippen LogP contribution is -2.05. The summed E-state index contributed by atoms with van der Waals surface area (Å²) in [5, 5.41) is 18.7. The number of phenolic OH excluding ortho intramolecular Hbond substituents is 2. The second kappa shape index (κ2) is 4.00. The first-order valence-electron chi connectivity index (χ1n) is 4.26. The Kier molecular flexibility index (Phi) is 2.96. The fourth-order valence-corrected chi connectivity index (χ4v) is 1.06. The van der Waals surface area contributed by atoms with Crippen LogP contribution in [0.3, 0.4) is 0 Å². The predicted octanol–water partition coefficient (Wildman–Crippen LogP) is 1.58. The Hall–Kier alpha value is -1.71. The van der Waals surface area contributed by atoms with Gasteiger partial charge in [0.2, 0.25) is 0 Å². The third kappa shape index (κ3) is 1.79. The number of aromatic hydroxyl groups is 2. The first-order valence-corrected chi connectivity index (χ1v) is 4.26. The molecule has 4 nitrogen and oxygen atoms in total. The number of carbonyl (C=O) groups is 1. The maximum atomic E-state index is 11.3. The quantitative estimate of drug-likeness (QED) is 0.705. The molecule has 0 radical (unpaired) electrons. The standard InChI is InChI=1S/C10H12O4/c1-3-14-10(13)7-4-5-8(11)6(2)9(7)12/h4-5,11-12H,3H2,1-2H3. The molecule has 0 aliphatic heterocycles. The zero-order valence-corrected chi connectivity index (χ0v) is 8.07. The largest absolute Gasteiger partial charge is 0.508 e. The summed E-state index contributed by atoms with van der Waals surface area (Å²) >= 11 is 0. The van der Waals surface area contributed by atoms with Gasteiger partial charge in [0.05, 0.1) is 6.61 Å². The van der Waals surface area contributed by atoms with E-state index in [0.29, 0.717) is 0 Å². The zero-order valence-electron chi connectivity index (χ0n) is 8.07. The van der Waals surface area contributed by atoms with Gasteiger partial charge in [0, 0.05) is 5.56 Å². The van der Waals surface area contributed by atoms with E-state index in [1.54, 1.807) is 6.92 Å². The van der Waals surface area contributed by atoms with E-state index in [-0.39, 0.29) is 29.2 Å². The first kappa shape index (κ1) is 10.4. The van der Waals surface area contributed by atoms with Gasteiger partial charge in [0.25, 0.3) is 0 Å². The summed E-state index contributed by atoms with van der Waals surface area (Å²) in [6.07, 6.45) is 0. The molecular weight excluding hydrogens is 184 g/mol. The van der Waals surface area contributed by atoms with Gasteiger partial charge in [-0.3, -0.25) is 0 Å². The van der Waals surface area contributed by atoms with Gasteiger partial charge in [-0.05, 0) is 26.0 Å². The average molecular weight is 196 g/mol. The number of ether oxygens (including phenoxy) is 1. The van der Waals surface area contributed by atoms with E-state index in [1.807, 2.05) is 0 Å². The molecule has 0 aliphatic rings. The fourth-order valence-electron chi connectivity index (χ4n) is 1.06. The van der Waals surface area contributed by atoms with Crippen molar-refractivity contribution in [3.63, 3.8) is 0 Å². The molecule has 1 rings (SSSR count). The lowest BCUT2D eigenvalue weighted by molar-refractivity contribution is 0.0523. The topological polar surface area (TPSA) is 66.8 Å². The molecule has 76 valence electrons. The van der Waals surface area contributed by atoms with Crippen molar-refractivity contribution < 1.29 is 19.7 Å². The SMILES string of the molecule is CCOC(=O)c1ccc(O)c(C)c1O. The third-order valence-electron chi connectivity index (χ3n) is 1.90. The van der Waals surface area contributed by atoms with Gasteiger partial charge in [-0.25, -0.2) is 4.79 Å². The van der Waals surface area contributed by atoms with E-state index < -0.39 is 5.97 Å². The first-order chi connectivity index (χ1) is 6.57. The number of esters is 1. The maximum Gasteiger partial charge on any atom is 0.341 e. The molecular formula is C10H12O4. The van der Waals surface area contributed by atoms with Gasteiger partial charge >= 0.3 is 5.97 Å². The van der Waals surface area contributed by atoms with Crippen LogP contribution in [0.2, 0.25) is 0 Å². The number of hydrogen-bond donors (Lipinski definition) is 2. The van der Waals surface area contributed by atoms with Gasteiger partial charge < -0.3 is 14.9 Å². The molecule has 4 heteroatoms. The average Bonchev–Trinajstić information content (AvgIpc) is 2.15. The highest BCUT2D eigenvalue weighted by Gasteiger charge is 2.15. The monoisotopic (exact) mass is 196 g/mol. The molecule has 0 saturated heterocycles. The summed E-state index contributed by atoms with van der Waals surface area (Å²) in [4.78, 5) is 11.3. The Labute approximate surface area is 81.8 Å². The van der Waals surface area contributed by atoms with Crippen molar-refractivity contribution in [1.29, 1.82) is 0 Å². The highest BCUT2D eigenvalue weighted by molar-refractivity contribution is 5.93. The van der Waals surface area contributed by atoms with Gasteiger partial charge in [-0.15, -0.1) is 0 Å². The van der Waals surface area contributed by atoms with Crippen LogP contribution in [0, 0.1) is 6.92 Å². The van der Waals surface area contributed by atoms with Crippen molar-refractivity contribution >= 4 is 5.97 Å². The van der Waals surface area contributed by atoms with Crippen molar-refractivity contribution in [1.82, 2.24) is 0 Å². The Morgan fingerprint density at radius 2 is 2.07 bits per heavy atom. The molecule has 0 aliphatic carbocycles. The lowest BCUT2D eigenvalue weighted by Gasteiger charge is -2.07. The second-order valence-corrected chi connectivity index (χ2v) is 2.83. The Morgan fingerprint density at radius 1 is 1.43 bits per heavy atom. The summed E-state index contributed by atoms with van der Waals surface area (Å²) in [7, 11) is 0. The highest BCUT2D eigenvalue weighted by atomic mass is 16.5. The fraction of sp³-hybridized carbons (Fsp3) is 0.300. The number of hydrogen-bond acceptors (Lipinski definition) is 4. The number of carbonyl (C=O) groups excluding carboxylic acids is 1. The van der Waals surface area contributed by atoms with Crippen LogP contribution in [0.25, 0.3) is 0 Å². The van der Waals surface area contributed by atoms with Crippen LogP contribution in [0.1, 0.15) is 22.8 Å². The predicted molar refractivity (Wildman–Crippen MR) is 50.5 cm³/mol. The summed E-state index contributed by atoms with van der Waals surface area (Å²) < 4.78 is 4.72. The number of benzene rings is 1. The van der Waals surface area contributed by atoms with Crippen LogP contribution in [0.5, 0.6) is 11.5 Å². The van der Waals surface area contributed by atoms with Crippen molar-refractivity contribution in [2.75, 3.05) is 6.61 Å². The molecule has 0 unspecified atom stereocenters. The minimum Gasteiger partial charge on any atom is -0.508 e. The Balaban J connectivity index is 3.11. The normalized spacial score (nSPS) is 9.86. The molecule has 0 amide bonds. The van der Waals surface area contributed by atoms with E-state index in [2.05, 4.69) is 0 Å². The molecule has 0 fully saturated rings. The van der Waals surface area contributed by atoms with E-state index >= 15 is 0 Å². The van der Waals surface area contributed by atoms with Gasteiger partial charge in [-0.2, -0.15) is 0 Å². The van der Waals surface area contributed by atoms with Crippen molar-refractivity contribution in [2.24, 2.45) is 0 Å². The van der Waals surface area contributed by atoms with Gasteiger partial charge in [0.15, 0.2) is 0 Å². The smallest absolute Gasteiger partial charge is 0.341 e. The van der Waals surface area contributed by atoms with E-state index in [1.165, 1.54) is 19.1 Å². The molecule has 1 aromatic rings. The van der Waals surface area contributed by atoms with Gasteiger partial charge in [0.1, 0.15) is 17.1 Å². The van der Waals surface area contributed by atoms with Crippen LogP contribution >= 0.6 is 0 Å². The van der Waals surface area contributed by atoms with Crippen LogP contribution in [0.15, 0.2) is 12.1 Å². The zero-order chi connectivity index (χ0) is 10.7. The van der Waals surface area contributed by atoms with Crippen molar-refractivity contribution in [3.05, 3.63) is 23.3 Å². The lowest BCUT2D eigenvalue weighted by atomic mass is 10.1. The number of phenols is 2. The van der Waals surface area contributed by atoms with Crippen LogP contribution < -0.4 is 0 Å². The summed E-state index contributed by atoms with van der Waals surface area (Å²) in [5.74, 6) is -0.868. The van der Waals surface area contributed by atoms with Crippen molar-refractivity contribution in [2.45, 2.75) is 13.8 Å². The molecule has 2 N–H and O–H groups in total. The summed E-state index contributed by atoms with van der Waals surface area (Å²) in [5.41, 5.74) is 0.345. The summed E-state index contributed by atoms with van der Waals surface area (Å²) in [6, 6.07) is 2.68. The number of rotatable bonds is 2. The molecule has 0 bridgehead atoms. The molecule has 0 spiro atoms. The molecule has 1 aromatic carbocycles. The van der Waals surface area contributed by atoms with Crippen LogP contribution in [0.4, 0.5) is 0 Å². The second-order valence-electron chi connectivity index (χ2n) is 2.83. The maximum absolute atomic E-state index is 11.3. The van der Waals surface area contributed by atoms with E-state index in [9.17, 15) is 15.0 Å². The van der Waals surface area contributed by atoms with Crippen LogP contribution in [-0.4, -0.2) is 22.8 Å². The van der Waals surface area contributed by atoms with E-state index in [4.69, 9.17) is 4.74 Å². The Morgan fingerprint density at radius 3 is 2.64 bits per heavy atom. The Bertz CT molecular complexity index is 357. The van der Waals surface area contributed by atoms with E-state index in [0.717, 1.165) is 0 Å². The molecule has 0 aromatic heterocycles. The minimum atomic E-state index is -0.590. The minimum absolute atomic E-state index is 0.0458. The van der Waals surface area contributed by atoms with Crippen LogP contribution in [-0.2, 0) is 4.74 Å². The highest BCUT2D eigenvalue weighted by Crippen LogP contribution is 2.29. The molecule has 0 atom stereocenters. The van der Waals surface area contributed by atoms with Gasteiger partial charge in [-0.1, -0.05) is 0 Å².